The summed E-state index contributed by atoms with van der Waals surface area (Å²) in [6.45, 7) is 2.63. The third-order valence-electron chi connectivity index (χ3n) is 5.02. The highest BCUT2D eigenvalue weighted by Crippen LogP contribution is 2.30. The number of piperazine rings is 1. The van der Waals surface area contributed by atoms with Gasteiger partial charge in [-0.3, -0.25) is 14.9 Å². The van der Waals surface area contributed by atoms with Gasteiger partial charge in [0.1, 0.15) is 0 Å². The van der Waals surface area contributed by atoms with Crippen LogP contribution in [0.4, 0.5) is 5.69 Å². The van der Waals surface area contributed by atoms with Crippen LogP contribution >= 0.6 is 0 Å². The van der Waals surface area contributed by atoms with Gasteiger partial charge in [-0.2, -0.15) is 4.31 Å². The molecule has 136 valence electrons. The molecule has 0 bridgehead atoms. The van der Waals surface area contributed by atoms with Crippen LogP contribution in [0, 0.1) is 16.0 Å². The highest BCUT2D eigenvalue weighted by atomic mass is 32.2. The van der Waals surface area contributed by atoms with Crippen molar-refractivity contribution in [2.45, 2.75) is 37.1 Å². The highest BCUT2D eigenvalue weighted by molar-refractivity contribution is 7.89. The molecule has 25 heavy (non-hydrogen) atoms. The van der Waals surface area contributed by atoms with Crippen molar-refractivity contribution in [1.82, 2.24) is 9.21 Å². The number of benzene rings is 1. The van der Waals surface area contributed by atoms with E-state index in [1.807, 2.05) is 4.90 Å². The van der Waals surface area contributed by atoms with E-state index in [1.54, 1.807) is 0 Å². The van der Waals surface area contributed by atoms with Crippen LogP contribution in [0.5, 0.6) is 0 Å². The minimum atomic E-state index is -3.83. The Morgan fingerprint density at radius 2 is 1.84 bits per heavy atom. The lowest BCUT2D eigenvalue weighted by Gasteiger charge is -2.37. The normalized spacial score (nSPS) is 25.3. The van der Waals surface area contributed by atoms with Crippen molar-refractivity contribution in [2.24, 2.45) is 5.92 Å². The number of nitro groups is 1. The summed E-state index contributed by atoms with van der Waals surface area (Å²) in [6.07, 6.45) is 3.04. The zero-order chi connectivity index (χ0) is 18.2. The van der Waals surface area contributed by atoms with E-state index < -0.39 is 14.9 Å². The van der Waals surface area contributed by atoms with Gasteiger partial charge in [0.2, 0.25) is 15.9 Å². The van der Waals surface area contributed by atoms with Crippen molar-refractivity contribution in [3.8, 4) is 0 Å². The van der Waals surface area contributed by atoms with Crippen molar-refractivity contribution in [3.05, 3.63) is 34.4 Å². The quantitative estimate of drug-likeness (QED) is 0.594. The Balaban J connectivity index is 1.72. The van der Waals surface area contributed by atoms with E-state index in [9.17, 15) is 23.3 Å². The van der Waals surface area contributed by atoms with Crippen LogP contribution in [-0.4, -0.2) is 54.1 Å². The van der Waals surface area contributed by atoms with E-state index in [2.05, 4.69) is 6.92 Å². The van der Waals surface area contributed by atoms with Gasteiger partial charge in [0.05, 0.1) is 16.4 Å². The molecule has 8 nitrogen and oxygen atoms in total. The van der Waals surface area contributed by atoms with Gasteiger partial charge in [-0.05, 0) is 37.3 Å². The Morgan fingerprint density at radius 1 is 1.16 bits per heavy atom. The highest BCUT2D eigenvalue weighted by Gasteiger charge is 2.37. The molecule has 1 aromatic carbocycles. The van der Waals surface area contributed by atoms with E-state index >= 15 is 0 Å². The summed E-state index contributed by atoms with van der Waals surface area (Å²) < 4.78 is 26.5. The van der Waals surface area contributed by atoms with Gasteiger partial charge >= 0.3 is 0 Å². The topological polar surface area (TPSA) is 101 Å². The number of non-ortho nitro benzene ring substituents is 1. The Labute approximate surface area is 146 Å². The van der Waals surface area contributed by atoms with Crippen molar-refractivity contribution in [1.29, 1.82) is 0 Å². The number of nitro benzene ring substituents is 1. The number of sulfonamides is 1. The lowest BCUT2D eigenvalue weighted by atomic mass is 10.1. The molecular formula is C16H21N3O5S. The van der Waals surface area contributed by atoms with Gasteiger partial charge < -0.3 is 4.90 Å². The molecule has 1 saturated carbocycles. The molecule has 0 aromatic heterocycles. The predicted octanol–water partition coefficient (Wildman–Crippen LogP) is 1.62. The van der Waals surface area contributed by atoms with Gasteiger partial charge in [0, 0.05) is 31.3 Å². The molecule has 0 N–H and O–H groups in total. The van der Waals surface area contributed by atoms with Crippen molar-refractivity contribution >= 4 is 21.6 Å². The largest absolute Gasteiger partial charge is 0.337 e. The molecule has 3 rings (SSSR count). The first kappa shape index (κ1) is 17.8. The first-order chi connectivity index (χ1) is 11.8. The summed E-state index contributed by atoms with van der Waals surface area (Å²) >= 11 is 0. The summed E-state index contributed by atoms with van der Waals surface area (Å²) in [5.74, 6) is 0.426. The zero-order valence-corrected chi connectivity index (χ0v) is 14.8. The Kier molecular flexibility index (Phi) is 4.79. The van der Waals surface area contributed by atoms with Crippen molar-refractivity contribution < 1.29 is 18.1 Å². The van der Waals surface area contributed by atoms with Crippen LogP contribution in [0.15, 0.2) is 29.2 Å². The number of hydrogen-bond acceptors (Lipinski definition) is 5. The van der Waals surface area contributed by atoms with Gasteiger partial charge in [-0.15, -0.1) is 0 Å². The molecular weight excluding hydrogens is 346 g/mol. The molecule has 1 heterocycles. The molecule has 1 aliphatic heterocycles. The van der Waals surface area contributed by atoms with Crippen LogP contribution in [0.3, 0.4) is 0 Å². The Morgan fingerprint density at radius 3 is 2.36 bits per heavy atom. The van der Waals surface area contributed by atoms with Gasteiger partial charge in [-0.1, -0.05) is 6.92 Å². The van der Waals surface area contributed by atoms with Crippen molar-refractivity contribution in [2.75, 3.05) is 19.6 Å². The standard InChI is InChI=1S/C16H21N3O5S/c1-12-2-3-14(10-12)18-9-8-17(11-16(18)20)25(23,24)15-6-4-13(5-7-15)19(21)22/h4-7,12,14H,2-3,8-11H2,1H3/t12-,14+/m1/s1. The zero-order valence-electron chi connectivity index (χ0n) is 14.0. The molecule has 0 radical (unpaired) electrons. The first-order valence-electron chi connectivity index (χ1n) is 8.33. The van der Waals surface area contributed by atoms with Crippen LogP contribution in [0.1, 0.15) is 26.2 Å². The van der Waals surface area contributed by atoms with E-state index in [1.165, 1.54) is 12.1 Å². The molecule has 1 saturated heterocycles. The molecule has 0 unspecified atom stereocenters. The number of nitrogens with zero attached hydrogens (tertiary/aromatic N) is 3. The van der Waals surface area contributed by atoms with Crippen LogP contribution in [0.2, 0.25) is 0 Å². The Hall–Kier alpha value is -2.00. The van der Waals surface area contributed by atoms with Crippen molar-refractivity contribution in [3.63, 3.8) is 0 Å². The van der Waals surface area contributed by atoms with Crippen LogP contribution in [-0.2, 0) is 14.8 Å². The SMILES string of the molecule is C[C@@H]1CC[C@H](N2CCN(S(=O)(=O)c3ccc([N+](=O)[O-])cc3)CC2=O)C1. The lowest BCUT2D eigenvalue weighted by molar-refractivity contribution is -0.384. The fourth-order valence-electron chi connectivity index (χ4n) is 3.61. The lowest BCUT2D eigenvalue weighted by Crippen LogP contribution is -2.54. The molecule has 1 aliphatic carbocycles. The fraction of sp³-hybridized carbons (Fsp3) is 0.562. The average molecular weight is 367 g/mol. The van der Waals surface area contributed by atoms with Crippen LogP contribution in [0.25, 0.3) is 0 Å². The second-order valence-electron chi connectivity index (χ2n) is 6.75. The van der Waals surface area contributed by atoms with Gasteiger partial charge in [-0.25, -0.2) is 8.42 Å². The van der Waals surface area contributed by atoms with E-state index in [0.717, 1.165) is 35.7 Å². The number of carbonyl (C=O) groups excluding carboxylic acids is 1. The maximum absolute atomic E-state index is 12.7. The van der Waals surface area contributed by atoms with E-state index in [4.69, 9.17) is 0 Å². The molecule has 1 aromatic rings. The van der Waals surface area contributed by atoms with Crippen LogP contribution < -0.4 is 0 Å². The predicted molar refractivity (Wildman–Crippen MR) is 90.4 cm³/mol. The maximum atomic E-state index is 12.7. The number of hydrogen-bond donors (Lipinski definition) is 0. The number of rotatable bonds is 4. The molecule has 1 amide bonds. The minimum absolute atomic E-state index is 0.0335. The number of amides is 1. The third kappa shape index (κ3) is 3.52. The second-order valence-corrected chi connectivity index (χ2v) is 8.69. The monoisotopic (exact) mass is 367 g/mol. The molecule has 9 heteroatoms. The minimum Gasteiger partial charge on any atom is -0.337 e. The van der Waals surface area contributed by atoms with E-state index in [0.29, 0.717) is 12.5 Å². The summed E-state index contributed by atoms with van der Waals surface area (Å²) in [5.41, 5.74) is -0.171. The van der Waals surface area contributed by atoms with Gasteiger partial charge in [0.25, 0.3) is 5.69 Å². The maximum Gasteiger partial charge on any atom is 0.269 e. The molecule has 2 fully saturated rings. The van der Waals surface area contributed by atoms with E-state index in [-0.39, 0.29) is 35.6 Å². The Bertz CT molecular complexity index is 777. The third-order valence-corrected chi connectivity index (χ3v) is 6.87. The smallest absolute Gasteiger partial charge is 0.269 e. The summed E-state index contributed by atoms with van der Waals surface area (Å²) in [6, 6.07) is 4.95. The molecule has 2 aliphatic rings. The average Bonchev–Trinajstić information content (AvgIpc) is 3.01. The van der Waals surface area contributed by atoms with Gasteiger partial charge in [0.15, 0.2) is 0 Å². The summed E-state index contributed by atoms with van der Waals surface area (Å²) in [7, 11) is -3.83. The molecule has 2 atom stereocenters. The number of carbonyl (C=O) groups is 1. The fourth-order valence-corrected chi connectivity index (χ4v) is 4.99. The summed E-state index contributed by atoms with van der Waals surface area (Å²) in [5, 5.41) is 10.7. The molecule has 0 spiro atoms. The summed E-state index contributed by atoms with van der Waals surface area (Å²) in [4.78, 5) is 24.3. The first-order valence-corrected chi connectivity index (χ1v) is 9.77. The second kappa shape index (κ2) is 6.72.